The lowest BCUT2D eigenvalue weighted by Crippen LogP contribution is -2.25. The molecular weight excluding hydrogens is 428 g/mol. The lowest BCUT2D eigenvalue weighted by Gasteiger charge is -2.25. The first-order valence-corrected chi connectivity index (χ1v) is 10.9. The lowest BCUT2D eigenvalue weighted by atomic mass is 9.85. The fourth-order valence-electron chi connectivity index (χ4n) is 4.20. The average molecular weight is 451 g/mol. The maximum Gasteiger partial charge on any atom is 0.226 e. The third-order valence-electron chi connectivity index (χ3n) is 5.72. The smallest absolute Gasteiger partial charge is 0.226 e. The minimum absolute atomic E-state index is 0.0728. The molecule has 0 saturated heterocycles. The van der Waals surface area contributed by atoms with Gasteiger partial charge in [-0.15, -0.1) is 0 Å². The summed E-state index contributed by atoms with van der Waals surface area (Å²) in [5, 5.41) is 18.7. The number of methoxy groups -OCH3 is 2. The number of hydrogen-bond donors (Lipinski definition) is 2. The zero-order chi connectivity index (χ0) is 22.6. The van der Waals surface area contributed by atoms with Crippen molar-refractivity contribution in [1.29, 1.82) is 0 Å². The average Bonchev–Trinajstić information content (AvgIpc) is 3.33. The second kappa shape index (κ2) is 7.52. The Kier molecular flexibility index (Phi) is 4.78. The number of ether oxygens (including phenoxy) is 2. The zero-order valence-electron chi connectivity index (χ0n) is 18.1. The Labute approximate surface area is 188 Å². The van der Waals surface area contributed by atoms with Crippen molar-refractivity contribution in [3.8, 4) is 22.4 Å². The van der Waals surface area contributed by atoms with Crippen LogP contribution in [-0.4, -0.2) is 40.0 Å². The van der Waals surface area contributed by atoms with Crippen molar-refractivity contribution in [3.63, 3.8) is 0 Å². The van der Waals surface area contributed by atoms with Gasteiger partial charge in [0.25, 0.3) is 0 Å². The van der Waals surface area contributed by atoms with Gasteiger partial charge in [0.1, 0.15) is 5.82 Å². The summed E-state index contributed by atoms with van der Waals surface area (Å²) in [6.45, 7) is 3.97. The molecule has 1 amide bonds. The van der Waals surface area contributed by atoms with Gasteiger partial charge in [-0.25, -0.2) is 4.98 Å². The van der Waals surface area contributed by atoms with Gasteiger partial charge in [-0.05, 0) is 49.2 Å². The second-order valence-electron chi connectivity index (χ2n) is 7.81. The molecule has 8 nitrogen and oxygen atoms in total. The van der Waals surface area contributed by atoms with Gasteiger partial charge >= 0.3 is 0 Å². The number of phenols is 1. The largest absolute Gasteiger partial charge is 0.502 e. The number of rotatable bonds is 4. The van der Waals surface area contributed by atoms with Gasteiger partial charge in [0, 0.05) is 17.9 Å². The van der Waals surface area contributed by atoms with E-state index in [1.54, 1.807) is 16.8 Å². The van der Waals surface area contributed by atoms with Crippen LogP contribution in [0.1, 0.15) is 34.7 Å². The second-order valence-corrected chi connectivity index (χ2v) is 8.82. The van der Waals surface area contributed by atoms with E-state index < -0.39 is 0 Å². The Morgan fingerprint density at radius 1 is 1.16 bits per heavy atom. The number of carbonyl (C=O) groups is 1. The van der Waals surface area contributed by atoms with Crippen molar-refractivity contribution < 1.29 is 19.4 Å². The number of nitrogens with one attached hydrogen (secondary N) is 1. The zero-order valence-corrected chi connectivity index (χ0v) is 18.9. The molecule has 2 N–H and O–H groups in total. The van der Waals surface area contributed by atoms with Crippen LogP contribution in [-0.2, 0) is 4.79 Å². The number of aromatic hydroxyl groups is 1. The quantitative estimate of drug-likeness (QED) is 0.481. The van der Waals surface area contributed by atoms with Crippen LogP contribution in [0.3, 0.4) is 0 Å². The molecule has 0 aliphatic carbocycles. The molecule has 164 valence electrons. The van der Waals surface area contributed by atoms with Crippen LogP contribution in [0.4, 0.5) is 5.82 Å². The van der Waals surface area contributed by atoms with E-state index in [-0.39, 0.29) is 24.0 Å². The standard InChI is InChI=1S/C23H22N4O4S/c1-11-5-6-15-18(7-11)32-23(24-15)27-22-20(12(2)26-27)14(10-19(28)25-22)13-8-16(30-3)21(29)17(9-13)31-4/h5-9,14,29H,10H2,1-4H3,(H,25,28)/t14-/m1/s1. The molecule has 0 bridgehead atoms. The number of fused-ring (bicyclic) bond motifs is 2. The number of amides is 1. The van der Waals surface area contributed by atoms with E-state index >= 15 is 0 Å². The summed E-state index contributed by atoms with van der Waals surface area (Å²) in [6, 6.07) is 9.59. The van der Waals surface area contributed by atoms with E-state index in [4.69, 9.17) is 19.6 Å². The highest BCUT2D eigenvalue weighted by atomic mass is 32.1. The predicted octanol–water partition coefficient (Wildman–Crippen LogP) is 4.30. The monoisotopic (exact) mass is 450 g/mol. The van der Waals surface area contributed by atoms with Crippen LogP contribution in [0.5, 0.6) is 17.2 Å². The minimum atomic E-state index is -0.271. The van der Waals surface area contributed by atoms with Gasteiger partial charge in [-0.2, -0.15) is 9.78 Å². The number of aromatic nitrogens is 3. The summed E-state index contributed by atoms with van der Waals surface area (Å²) >= 11 is 1.53. The van der Waals surface area contributed by atoms with Crippen LogP contribution in [0, 0.1) is 13.8 Å². The van der Waals surface area contributed by atoms with Gasteiger partial charge < -0.3 is 19.9 Å². The summed E-state index contributed by atoms with van der Waals surface area (Å²) in [6.07, 6.45) is 0.246. The summed E-state index contributed by atoms with van der Waals surface area (Å²) in [7, 11) is 2.96. The first-order chi connectivity index (χ1) is 15.4. The molecule has 5 rings (SSSR count). The van der Waals surface area contributed by atoms with Gasteiger partial charge in [-0.3, -0.25) is 4.79 Å². The number of nitrogens with zero attached hydrogens (tertiary/aromatic N) is 3. The minimum Gasteiger partial charge on any atom is -0.502 e. The Balaban J connectivity index is 1.67. The van der Waals surface area contributed by atoms with Crippen molar-refractivity contribution in [3.05, 3.63) is 52.7 Å². The maximum absolute atomic E-state index is 12.7. The molecule has 4 aromatic rings. The van der Waals surface area contributed by atoms with Crippen molar-refractivity contribution >= 4 is 33.3 Å². The first-order valence-electron chi connectivity index (χ1n) is 10.1. The maximum atomic E-state index is 12.7. The molecule has 9 heteroatoms. The third-order valence-corrected chi connectivity index (χ3v) is 6.71. The molecular formula is C23H22N4O4S. The molecule has 0 spiro atoms. The lowest BCUT2D eigenvalue weighted by molar-refractivity contribution is -0.116. The van der Waals surface area contributed by atoms with Gasteiger partial charge in [0.15, 0.2) is 11.5 Å². The Morgan fingerprint density at radius 3 is 2.56 bits per heavy atom. The molecule has 1 aliphatic rings. The number of thiazole rings is 1. The molecule has 0 unspecified atom stereocenters. The molecule has 3 heterocycles. The van der Waals surface area contributed by atoms with Crippen molar-refractivity contribution in [2.45, 2.75) is 26.2 Å². The molecule has 2 aromatic heterocycles. The molecule has 0 fully saturated rings. The third kappa shape index (κ3) is 3.16. The molecule has 1 aliphatic heterocycles. The van der Waals surface area contributed by atoms with E-state index in [0.717, 1.165) is 32.6 Å². The Morgan fingerprint density at radius 2 is 1.88 bits per heavy atom. The van der Waals surface area contributed by atoms with Crippen LogP contribution in [0.15, 0.2) is 30.3 Å². The molecule has 0 saturated carbocycles. The number of carbonyl (C=O) groups excluding carboxylic acids is 1. The van der Waals surface area contributed by atoms with Crippen molar-refractivity contribution in [1.82, 2.24) is 14.8 Å². The van der Waals surface area contributed by atoms with Crippen LogP contribution in [0.25, 0.3) is 15.3 Å². The van der Waals surface area contributed by atoms with Crippen LogP contribution in [0.2, 0.25) is 0 Å². The number of anilines is 1. The highest BCUT2D eigenvalue weighted by Gasteiger charge is 2.34. The Bertz CT molecular complexity index is 1350. The summed E-state index contributed by atoms with van der Waals surface area (Å²) in [5.74, 6) is 0.734. The summed E-state index contributed by atoms with van der Waals surface area (Å²) < 4.78 is 13.4. The number of aryl methyl sites for hydroxylation is 2. The van der Waals surface area contributed by atoms with Crippen LogP contribution < -0.4 is 14.8 Å². The summed E-state index contributed by atoms with van der Waals surface area (Å²) in [5.41, 5.74) is 4.57. The van der Waals surface area contributed by atoms with E-state index in [1.807, 2.05) is 26.0 Å². The molecule has 2 aromatic carbocycles. The van der Waals surface area contributed by atoms with Crippen molar-refractivity contribution in [2.24, 2.45) is 0 Å². The normalized spacial score (nSPS) is 15.5. The van der Waals surface area contributed by atoms with E-state index in [0.29, 0.717) is 22.4 Å². The van der Waals surface area contributed by atoms with Crippen LogP contribution >= 0.6 is 11.3 Å². The highest BCUT2D eigenvalue weighted by Crippen LogP contribution is 2.45. The Hall–Kier alpha value is -3.59. The van der Waals surface area contributed by atoms with Gasteiger partial charge in [0.05, 0.1) is 30.1 Å². The summed E-state index contributed by atoms with van der Waals surface area (Å²) in [4.78, 5) is 17.4. The van der Waals surface area contributed by atoms with Crippen molar-refractivity contribution in [2.75, 3.05) is 19.5 Å². The first kappa shape index (κ1) is 20.3. The van der Waals surface area contributed by atoms with E-state index in [2.05, 4.69) is 11.4 Å². The number of phenolic OH excluding ortho intramolecular Hbond substituents is 1. The number of hydrogen-bond acceptors (Lipinski definition) is 7. The fourth-order valence-corrected chi connectivity index (χ4v) is 5.22. The van der Waals surface area contributed by atoms with Gasteiger partial charge in [0.2, 0.25) is 16.8 Å². The molecule has 1 atom stereocenters. The molecule has 32 heavy (non-hydrogen) atoms. The highest BCUT2D eigenvalue weighted by molar-refractivity contribution is 7.20. The SMILES string of the molecule is COc1cc([C@H]2CC(=O)Nc3c2c(C)nn3-c2nc3ccc(C)cc3s2)cc(OC)c1O. The predicted molar refractivity (Wildman–Crippen MR) is 123 cm³/mol. The molecule has 0 radical (unpaired) electrons. The van der Waals surface area contributed by atoms with E-state index in [1.165, 1.54) is 25.6 Å². The topological polar surface area (TPSA) is 98.5 Å². The number of benzene rings is 2. The van der Waals surface area contributed by atoms with Gasteiger partial charge in [-0.1, -0.05) is 17.4 Å². The van der Waals surface area contributed by atoms with E-state index in [9.17, 15) is 9.90 Å². The fraction of sp³-hybridized carbons (Fsp3) is 0.261.